The second kappa shape index (κ2) is 10.1. The number of nitrogens with one attached hydrogen (secondary N) is 1. The fourth-order valence-corrected chi connectivity index (χ4v) is 4.46. The molecule has 0 aliphatic carbocycles. The van der Waals surface area contributed by atoms with Crippen LogP contribution in [0.1, 0.15) is 5.56 Å². The first kappa shape index (κ1) is 23.1. The van der Waals surface area contributed by atoms with Crippen LogP contribution in [0.4, 0.5) is 10.1 Å². The zero-order chi connectivity index (χ0) is 23.1. The molecule has 9 heteroatoms. The number of ether oxygens (including phenoxy) is 2. The smallest absolute Gasteiger partial charge is 0.264 e. The van der Waals surface area contributed by atoms with E-state index in [-0.39, 0.29) is 22.9 Å². The van der Waals surface area contributed by atoms with Crippen LogP contribution in [0.15, 0.2) is 77.7 Å². The normalized spacial score (nSPS) is 11.0. The number of methoxy groups -OCH3 is 2. The lowest BCUT2D eigenvalue weighted by atomic mass is 10.2. The van der Waals surface area contributed by atoms with Gasteiger partial charge in [-0.25, -0.2) is 12.8 Å². The summed E-state index contributed by atoms with van der Waals surface area (Å²) < 4.78 is 52.1. The van der Waals surface area contributed by atoms with Crippen LogP contribution in [0.5, 0.6) is 11.5 Å². The Morgan fingerprint density at radius 2 is 1.59 bits per heavy atom. The predicted molar refractivity (Wildman–Crippen MR) is 119 cm³/mol. The molecule has 3 rings (SSSR count). The number of sulfonamides is 1. The van der Waals surface area contributed by atoms with E-state index in [2.05, 4.69) is 5.32 Å². The summed E-state index contributed by atoms with van der Waals surface area (Å²) in [5, 5.41) is 2.57. The molecule has 168 valence electrons. The van der Waals surface area contributed by atoms with Gasteiger partial charge < -0.3 is 14.8 Å². The average molecular weight is 459 g/mol. The number of anilines is 1. The van der Waals surface area contributed by atoms with Gasteiger partial charge in [-0.15, -0.1) is 0 Å². The summed E-state index contributed by atoms with van der Waals surface area (Å²) in [5.41, 5.74) is 0.495. The Morgan fingerprint density at radius 3 is 2.25 bits per heavy atom. The van der Waals surface area contributed by atoms with E-state index in [1.807, 2.05) is 0 Å². The lowest BCUT2D eigenvalue weighted by Crippen LogP contribution is -2.41. The van der Waals surface area contributed by atoms with Gasteiger partial charge in [-0.05, 0) is 42.5 Å². The highest BCUT2D eigenvalue weighted by atomic mass is 32.2. The third kappa shape index (κ3) is 5.17. The van der Waals surface area contributed by atoms with E-state index in [0.29, 0.717) is 11.3 Å². The molecule has 0 saturated heterocycles. The number of carbonyl (C=O) groups excluding carboxylic acids is 1. The molecule has 0 saturated carbocycles. The quantitative estimate of drug-likeness (QED) is 0.532. The number of hydrogen-bond donors (Lipinski definition) is 1. The molecular weight excluding hydrogens is 435 g/mol. The van der Waals surface area contributed by atoms with E-state index in [4.69, 9.17) is 9.47 Å². The van der Waals surface area contributed by atoms with Crippen LogP contribution in [-0.4, -0.2) is 35.1 Å². The molecule has 0 aliphatic heterocycles. The van der Waals surface area contributed by atoms with Crippen molar-refractivity contribution in [2.75, 3.05) is 25.1 Å². The molecule has 0 fully saturated rings. The zero-order valence-electron chi connectivity index (χ0n) is 17.6. The molecule has 3 aromatic carbocycles. The van der Waals surface area contributed by atoms with E-state index >= 15 is 0 Å². The molecule has 0 heterocycles. The van der Waals surface area contributed by atoms with Crippen LogP contribution in [-0.2, 0) is 21.4 Å². The summed E-state index contributed by atoms with van der Waals surface area (Å²) >= 11 is 0. The first-order chi connectivity index (χ1) is 15.4. The molecule has 1 N–H and O–H groups in total. The van der Waals surface area contributed by atoms with Crippen molar-refractivity contribution < 1.29 is 27.1 Å². The highest BCUT2D eigenvalue weighted by molar-refractivity contribution is 7.92. The Balaban J connectivity index is 1.92. The molecular formula is C23H23FN2O5S. The molecule has 0 bridgehead atoms. The Morgan fingerprint density at radius 1 is 0.938 bits per heavy atom. The fourth-order valence-electron chi connectivity index (χ4n) is 3.03. The monoisotopic (exact) mass is 458 g/mol. The maximum atomic E-state index is 13.9. The number of halogens is 1. The topological polar surface area (TPSA) is 84.9 Å². The first-order valence-electron chi connectivity index (χ1n) is 9.66. The van der Waals surface area contributed by atoms with Crippen LogP contribution >= 0.6 is 0 Å². The molecule has 0 unspecified atom stereocenters. The van der Waals surface area contributed by atoms with Crippen LogP contribution < -0.4 is 19.1 Å². The predicted octanol–water partition coefficient (Wildman–Crippen LogP) is 3.35. The number of nitrogens with zero attached hydrogens (tertiary/aromatic N) is 1. The largest absolute Gasteiger partial charge is 0.497 e. The zero-order valence-corrected chi connectivity index (χ0v) is 18.4. The maximum Gasteiger partial charge on any atom is 0.264 e. The van der Waals surface area contributed by atoms with E-state index in [9.17, 15) is 17.6 Å². The lowest BCUT2D eigenvalue weighted by molar-refractivity contribution is -0.119. The highest BCUT2D eigenvalue weighted by Crippen LogP contribution is 2.32. The second-order valence-electron chi connectivity index (χ2n) is 6.73. The standard InChI is InChI=1S/C23H23FN2O5S/c1-30-18-11-13-19(14-12-18)32(28,29)26(21-9-5-6-10-22(21)31-2)16-23(27)25-15-17-7-3-4-8-20(17)24/h3-14H,15-16H2,1-2H3,(H,25,27). The SMILES string of the molecule is COc1ccc(S(=O)(=O)N(CC(=O)NCc2ccccc2F)c2ccccc2OC)cc1. The molecule has 3 aromatic rings. The minimum absolute atomic E-state index is 0.0221. The lowest BCUT2D eigenvalue weighted by Gasteiger charge is -2.25. The molecule has 0 radical (unpaired) electrons. The highest BCUT2D eigenvalue weighted by Gasteiger charge is 2.29. The number of carbonyl (C=O) groups is 1. The number of amides is 1. The van der Waals surface area contributed by atoms with E-state index < -0.39 is 28.3 Å². The van der Waals surface area contributed by atoms with Crippen molar-refractivity contribution >= 4 is 21.6 Å². The van der Waals surface area contributed by atoms with Crippen LogP contribution in [0.3, 0.4) is 0 Å². The number of rotatable bonds is 9. The third-order valence-corrected chi connectivity index (χ3v) is 6.50. The van der Waals surface area contributed by atoms with Gasteiger partial charge in [0.05, 0.1) is 24.8 Å². The van der Waals surface area contributed by atoms with Gasteiger partial charge in [0, 0.05) is 12.1 Å². The Bertz CT molecular complexity index is 1180. The molecule has 32 heavy (non-hydrogen) atoms. The van der Waals surface area contributed by atoms with Crippen molar-refractivity contribution in [1.29, 1.82) is 0 Å². The summed E-state index contributed by atoms with van der Waals surface area (Å²) in [5.74, 6) is -0.279. The van der Waals surface area contributed by atoms with Gasteiger partial charge in [-0.1, -0.05) is 30.3 Å². The van der Waals surface area contributed by atoms with Crippen molar-refractivity contribution in [3.63, 3.8) is 0 Å². The van der Waals surface area contributed by atoms with Crippen molar-refractivity contribution in [2.24, 2.45) is 0 Å². The third-order valence-electron chi connectivity index (χ3n) is 4.72. The molecule has 0 atom stereocenters. The van der Waals surface area contributed by atoms with Gasteiger partial charge in [0.2, 0.25) is 5.91 Å². The van der Waals surface area contributed by atoms with E-state index in [0.717, 1.165) is 4.31 Å². The first-order valence-corrected chi connectivity index (χ1v) is 11.1. The summed E-state index contributed by atoms with van der Waals surface area (Å²) in [7, 11) is -1.25. The van der Waals surface area contributed by atoms with E-state index in [1.165, 1.54) is 44.6 Å². The van der Waals surface area contributed by atoms with Crippen molar-refractivity contribution in [3.8, 4) is 11.5 Å². The molecule has 7 nitrogen and oxygen atoms in total. The number of para-hydroxylation sites is 2. The van der Waals surface area contributed by atoms with Crippen molar-refractivity contribution in [2.45, 2.75) is 11.4 Å². The maximum absolute atomic E-state index is 13.9. The van der Waals surface area contributed by atoms with Gasteiger partial charge in [-0.2, -0.15) is 0 Å². The second-order valence-corrected chi connectivity index (χ2v) is 8.59. The Hall–Kier alpha value is -3.59. The Kier molecular flexibility index (Phi) is 7.32. The van der Waals surface area contributed by atoms with Gasteiger partial charge >= 0.3 is 0 Å². The summed E-state index contributed by atoms with van der Waals surface area (Å²) in [6.45, 7) is -0.600. The van der Waals surface area contributed by atoms with Crippen LogP contribution in [0.2, 0.25) is 0 Å². The van der Waals surface area contributed by atoms with Crippen molar-refractivity contribution in [3.05, 3.63) is 84.2 Å². The van der Waals surface area contributed by atoms with Crippen LogP contribution in [0, 0.1) is 5.82 Å². The van der Waals surface area contributed by atoms with Gasteiger partial charge in [0.1, 0.15) is 23.9 Å². The van der Waals surface area contributed by atoms with Crippen LogP contribution in [0.25, 0.3) is 0 Å². The van der Waals surface area contributed by atoms with Crippen molar-refractivity contribution in [1.82, 2.24) is 5.32 Å². The number of benzene rings is 3. The summed E-state index contributed by atoms with van der Waals surface area (Å²) in [6, 6.07) is 18.3. The molecule has 0 spiro atoms. The van der Waals surface area contributed by atoms with Gasteiger partial charge in [0.25, 0.3) is 10.0 Å². The van der Waals surface area contributed by atoms with Gasteiger partial charge in [0.15, 0.2) is 0 Å². The fraction of sp³-hybridized carbons (Fsp3) is 0.174. The van der Waals surface area contributed by atoms with Gasteiger partial charge in [-0.3, -0.25) is 9.10 Å². The average Bonchev–Trinajstić information content (AvgIpc) is 2.82. The summed E-state index contributed by atoms with van der Waals surface area (Å²) in [6.07, 6.45) is 0. The Labute approximate surface area is 186 Å². The minimum atomic E-state index is -4.14. The molecule has 0 aliphatic rings. The molecule has 1 amide bonds. The molecule has 0 aromatic heterocycles. The minimum Gasteiger partial charge on any atom is -0.497 e. The summed E-state index contributed by atoms with van der Waals surface area (Å²) in [4.78, 5) is 12.7. The number of hydrogen-bond acceptors (Lipinski definition) is 5. The van der Waals surface area contributed by atoms with E-state index in [1.54, 1.807) is 42.5 Å².